The minimum Gasteiger partial charge on any atom is -0.342 e. The lowest BCUT2D eigenvalue weighted by atomic mass is 9.76. The molecule has 3 rings (SSSR count). The Morgan fingerprint density at radius 1 is 1.24 bits per heavy atom. The van der Waals surface area contributed by atoms with E-state index in [1.807, 2.05) is 0 Å². The van der Waals surface area contributed by atoms with Crippen LogP contribution in [0, 0.1) is 11.3 Å². The number of rotatable bonds is 1. The minimum atomic E-state index is 0.355. The van der Waals surface area contributed by atoms with Crippen molar-refractivity contribution in [2.24, 2.45) is 11.3 Å². The van der Waals surface area contributed by atoms with Crippen LogP contribution in [-0.2, 0) is 0 Å². The van der Waals surface area contributed by atoms with Gasteiger partial charge in [-0.3, -0.25) is 0 Å². The summed E-state index contributed by atoms with van der Waals surface area (Å²) in [6.45, 7) is 7.12. The second-order valence-electron chi connectivity index (χ2n) is 5.99. The van der Waals surface area contributed by atoms with Gasteiger partial charge in [-0.15, -0.1) is 0 Å². The van der Waals surface area contributed by atoms with Crippen molar-refractivity contribution in [1.82, 2.24) is 9.97 Å². The van der Waals surface area contributed by atoms with Crippen molar-refractivity contribution in [2.45, 2.75) is 39.5 Å². The first-order valence-electron chi connectivity index (χ1n) is 6.53. The van der Waals surface area contributed by atoms with Gasteiger partial charge in [0.05, 0.1) is 11.0 Å². The van der Waals surface area contributed by atoms with E-state index in [2.05, 4.69) is 50.0 Å². The average Bonchev–Trinajstić information content (AvgIpc) is 2.81. The van der Waals surface area contributed by atoms with Crippen molar-refractivity contribution in [2.75, 3.05) is 0 Å². The number of para-hydroxylation sites is 2. The van der Waals surface area contributed by atoms with Gasteiger partial charge in [0, 0.05) is 5.92 Å². The zero-order chi connectivity index (χ0) is 12.0. The third-order valence-electron chi connectivity index (χ3n) is 4.79. The number of aromatic amines is 1. The van der Waals surface area contributed by atoms with E-state index in [0.29, 0.717) is 11.3 Å². The normalized spacial score (nSPS) is 27.7. The molecule has 2 nitrogen and oxygen atoms in total. The van der Waals surface area contributed by atoms with Crippen molar-refractivity contribution >= 4 is 11.0 Å². The smallest absolute Gasteiger partial charge is 0.110 e. The summed E-state index contributed by atoms with van der Waals surface area (Å²) in [6, 6.07) is 8.31. The third-order valence-corrected chi connectivity index (χ3v) is 4.79. The van der Waals surface area contributed by atoms with Gasteiger partial charge in [0.1, 0.15) is 5.82 Å². The van der Waals surface area contributed by atoms with Crippen molar-refractivity contribution in [3.8, 4) is 0 Å². The summed E-state index contributed by atoms with van der Waals surface area (Å²) < 4.78 is 0. The van der Waals surface area contributed by atoms with Gasteiger partial charge in [-0.1, -0.05) is 32.9 Å². The lowest BCUT2D eigenvalue weighted by Crippen LogP contribution is -2.22. The maximum atomic E-state index is 4.77. The average molecular weight is 228 g/mol. The Labute approximate surface area is 102 Å². The van der Waals surface area contributed by atoms with Gasteiger partial charge < -0.3 is 4.98 Å². The van der Waals surface area contributed by atoms with Crippen molar-refractivity contribution in [3.05, 3.63) is 30.1 Å². The van der Waals surface area contributed by atoms with E-state index < -0.39 is 0 Å². The maximum absolute atomic E-state index is 4.77. The van der Waals surface area contributed by atoms with E-state index in [1.165, 1.54) is 18.7 Å². The maximum Gasteiger partial charge on any atom is 0.110 e. The third kappa shape index (κ3) is 1.58. The summed E-state index contributed by atoms with van der Waals surface area (Å²) in [5.41, 5.74) is 2.61. The molecule has 0 saturated heterocycles. The summed E-state index contributed by atoms with van der Waals surface area (Å²) in [5, 5.41) is 0. The molecule has 1 saturated carbocycles. The lowest BCUT2D eigenvalue weighted by Gasteiger charge is -2.29. The molecule has 17 heavy (non-hydrogen) atoms. The predicted molar refractivity (Wildman–Crippen MR) is 71.0 cm³/mol. The number of H-pyrrole nitrogens is 1. The molecule has 0 bridgehead atoms. The molecule has 0 amide bonds. The summed E-state index contributed by atoms with van der Waals surface area (Å²) in [6.07, 6.45) is 2.57. The second kappa shape index (κ2) is 3.59. The van der Waals surface area contributed by atoms with Crippen LogP contribution in [0.1, 0.15) is 45.4 Å². The molecule has 1 fully saturated rings. The van der Waals surface area contributed by atoms with Crippen LogP contribution in [0.2, 0.25) is 0 Å². The summed E-state index contributed by atoms with van der Waals surface area (Å²) in [5.74, 6) is 2.53. The van der Waals surface area contributed by atoms with Gasteiger partial charge in [-0.05, 0) is 36.3 Å². The van der Waals surface area contributed by atoms with Crippen LogP contribution in [0.3, 0.4) is 0 Å². The largest absolute Gasteiger partial charge is 0.342 e. The summed E-state index contributed by atoms with van der Waals surface area (Å²) in [7, 11) is 0. The van der Waals surface area contributed by atoms with Gasteiger partial charge in [0.2, 0.25) is 0 Å². The Morgan fingerprint density at radius 3 is 2.65 bits per heavy atom. The first-order valence-corrected chi connectivity index (χ1v) is 6.53. The first-order chi connectivity index (χ1) is 8.09. The number of fused-ring (bicyclic) bond motifs is 1. The Morgan fingerprint density at radius 2 is 2.00 bits per heavy atom. The standard InChI is InChI=1S/C15H20N2/c1-10-8-9-11(15(10,2)3)14-16-12-6-4-5-7-13(12)17-14/h4-7,10-11H,8-9H2,1-3H3,(H,16,17)/t10-,11-/m1/s1. The van der Waals surface area contributed by atoms with Crippen molar-refractivity contribution in [3.63, 3.8) is 0 Å². The fourth-order valence-corrected chi connectivity index (χ4v) is 3.13. The number of nitrogens with one attached hydrogen (secondary N) is 1. The van der Waals surface area contributed by atoms with Gasteiger partial charge in [0.25, 0.3) is 0 Å². The topological polar surface area (TPSA) is 28.7 Å². The number of nitrogens with zero attached hydrogens (tertiary/aromatic N) is 1. The monoisotopic (exact) mass is 228 g/mol. The zero-order valence-corrected chi connectivity index (χ0v) is 10.8. The van der Waals surface area contributed by atoms with E-state index in [4.69, 9.17) is 4.98 Å². The van der Waals surface area contributed by atoms with Crippen LogP contribution in [0.25, 0.3) is 11.0 Å². The Hall–Kier alpha value is -1.31. The molecule has 0 spiro atoms. The molecular formula is C15H20N2. The van der Waals surface area contributed by atoms with E-state index in [0.717, 1.165) is 17.0 Å². The summed E-state index contributed by atoms with van der Waals surface area (Å²) >= 11 is 0. The van der Waals surface area contributed by atoms with Crippen LogP contribution in [0.5, 0.6) is 0 Å². The molecule has 2 aromatic rings. The SMILES string of the molecule is C[C@@H]1CC[C@H](c2nc3ccccc3[nH]2)C1(C)C. The van der Waals surface area contributed by atoms with Crippen LogP contribution in [-0.4, -0.2) is 9.97 Å². The highest BCUT2D eigenvalue weighted by atomic mass is 14.9. The fourth-order valence-electron chi connectivity index (χ4n) is 3.13. The molecule has 1 aliphatic rings. The minimum absolute atomic E-state index is 0.355. The quantitative estimate of drug-likeness (QED) is 0.782. The highest BCUT2D eigenvalue weighted by Crippen LogP contribution is 2.51. The molecule has 1 N–H and O–H groups in total. The van der Waals surface area contributed by atoms with Crippen LogP contribution in [0.4, 0.5) is 0 Å². The molecule has 1 aromatic carbocycles. The number of benzene rings is 1. The number of hydrogen-bond donors (Lipinski definition) is 1. The molecule has 0 aliphatic heterocycles. The lowest BCUT2D eigenvalue weighted by molar-refractivity contribution is 0.243. The van der Waals surface area contributed by atoms with E-state index >= 15 is 0 Å². The molecule has 1 heterocycles. The van der Waals surface area contributed by atoms with E-state index in [1.54, 1.807) is 0 Å². The van der Waals surface area contributed by atoms with Crippen LogP contribution in [0.15, 0.2) is 24.3 Å². The highest BCUT2D eigenvalue weighted by molar-refractivity contribution is 5.74. The van der Waals surface area contributed by atoms with Gasteiger partial charge in [-0.25, -0.2) is 4.98 Å². The van der Waals surface area contributed by atoms with E-state index in [-0.39, 0.29) is 0 Å². The number of aromatic nitrogens is 2. The molecular weight excluding hydrogens is 208 g/mol. The van der Waals surface area contributed by atoms with Gasteiger partial charge >= 0.3 is 0 Å². The van der Waals surface area contributed by atoms with Crippen LogP contribution >= 0.6 is 0 Å². The molecule has 0 unspecified atom stereocenters. The molecule has 2 atom stereocenters. The Balaban J connectivity index is 2.04. The molecule has 1 aliphatic carbocycles. The molecule has 0 radical (unpaired) electrons. The predicted octanol–water partition coefficient (Wildman–Crippen LogP) is 4.10. The molecule has 1 aromatic heterocycles. The van der Waals surface area contributed by atoms with E-state index in [9.17, 15) is 0 Å². The summed E-state index contributed by atoms with van der Waals surface area (Å²) in [4.78, 5) is 8.27. The van der Waals surface area contributed by atoms with Crippen LogP contribution < -0.4 is 0 Å². The number of imidazole rings is 1. The molecule has 2 heteroatoms. The Bertz CT molecular complexity index is 506. The fraction of sp³-hybridized carbons (Fsp3) is 0.533. The van der Waals surface area contributed by atoms with Crippen molar-refractivity contribution < 1.29 is 0 Å². The van der Waals surface area contributed by atoms with Gasteiger partial charge in [0.15, 0.2) is 0 Å². The zero-order valence-electron chi connectivity index (χ0n) is 10.8. The number of hydrogen-bond acceptors (Lipinski definition) is 1. The van der Waals surface area contributed by atoms with Crippen molar-refractivity contribution in [1.29, 1.82) is 0 Å². The first kappa shape index (κ1) is 10.8. The Kier molecular flexibility index (Phi) is 2.29. The second-order valence-corrected chi connectivity index (χ2v) is 5.99. The highest BCUT2D eigenvalue weighted by Gasteiger charge is 2.42. The molecule has 90 valence electrons. The van der Waals surface area contributed by atoms with Gasteiger partial charge in [-0.2, -0.15) is 0 Å².